The van der Waals surface area contributed by atoms with Crippen molar-refractivity contribution < 1.29 is 9.59 Å². The summed E-state index contributed by atoms with van der Waals surface area (Å²) in [6, 6.07) is 10.9. The highest BCUT2D eigenvalue weighted by molar-refractivity contribution is 5.98. The molecule has 3 heterocycles. The van der Waals surface area contributed by atoms with Crippen LogP contribution >= 0.6 is 0 Å². The van der Waals surface area contributed by atoms with E-state index in [1.54, 1.807) is 28.9 Å². The molecule has 2 aromatic heterocycles. The highest BCUT2D eigenvalue weighted by Gasteiger charge is 2.33. The van der Waals surface area contributed by atoms with E-state index in [4.69, 9.17) is 0 Å². The number of nitrogens with zero attached hydrogens (tertiary/aromatic N) is 5. The number of amides is 1. The van der Waals surface area contributed by atoms with E-state index in [2.05, 4.69) is 20.4 Å². The zero-order valence-corrected chi connectivity index (χ0v) is 16.6. The molecule has 0 aliphatic carbocycles. The number of Topliss-reactive ketones (excluding diaryl/α,β-unsaturated/α-hetero) is 1. The molecule has 0 unspecified atom stereocenters. The summed E-state index contributed by atoms with van der Waals surface area (Å²) in [5, 5.41) is 7.35. The molecule has 29 heavy (non-hydrogen) atoms. The Balaban J connectivity index is 1.40. The number of aromatic nitrogens is 4. The standard InChI is InChI=1S/C21H22N6O2/c1-13-7-14(2)27(25-13)20-9-19(22-12-23-20)26-10-17(11-26)21(29)24-18-6-4-5-16(8-18)15(3)28/h4-9,12,17H,10-11H2,1-3H3,(H,24,29). The Morgan fingerprint density at radius 2 is 1.83 bits per heavy atom. The summed E-state index contributed by atoms with van der Waals surface area (Å²) in [4.78, 5) is 34.7. The molecule has 0 radical (unpaired) electrons. The number of carbonyl (C=O) groups excluding carboxylic acids is 2. The van der Waals surface area contributed by atoms with Gasteiger partial charge in [-0.3, -0.25) is 9.59 Å². The summed E-state index contributed by atoms with van der Waals surface area (Å²) in [6.45, 7) is 6.58. The molecule has 1 saturated heterocycles. The predicted molar refractivity (Wildman–Crippen MR) is 109 cm³/mol. The quantitative estimate of drug-likeness (QED) is 0.673. The maximum atomic E-state index is 12.5. The first kappa shape index (κ1) is 18.8. The normalized spacial score (nSPS) is 13.8. The van der Waals surface area contributed by atoms with Crippen LogP contribution in [0.15, 0.2) is 42.7 Å². The van der Waals surface area contributed by atoms with Crippen molar-refractivity contribution in [2.75, 3.05) is 23.3 Å². The second-order valence-corrected chi connectivity index (χ2v) is 7.30. The van der Waals surface area contributed by atoms with Gasteiger partial charge >= 0.3 is 0 Å². The lowest BCUT2D eigenvalue weighted by Gasteiger charge is -2.39. The molecule has 0 atom stereocenters. The number of anilines is 2. The van der Waals surface area contributed by atoms with Gasteiger partial charge in [-0.15, -0.1) is 0 Å². The highest BCUT2D eigenvalue weighted by Crippen LogP contribution is 2.25. The fourth-order valence-electron chi connectivity index (χ4n) is 3.38. The average Bonchev–Trinajstić information content (AvgIpc) is 2.99. The number of hydrogen-bond acceptors (Lipinski definition) is 6. The van der Waals surface area contributed by atoms with E-state index in [1.165, 1.54) is 13.3 Å². The minimum absolute atomic E-state index is 0.0295. The molecule has 148 valence electrons. The van der Waals surface area contributed by atoms with Crippen LogP contribution in [0.5, 0.6) is 0 Å². The van der Waals surface area contributed by atoms with Gasteiger partial charge in [0.05, 0.1) is 11.6 Å². The van der Waals surface area contributed by atoms with Gasteiger partial charge in [0.25, 0.3) is 0 Å². The Kier molecular flexibility index (Phi) is 4.84. The second-order valence-electron chi connectivity index (χ2n) is 7.30. The van der Waals surface area contributed by atoms with E-state index in [1.807, 2.05) is 30.9 Å². The third kappa shape index (κ3) is 3.87. The van der Waals surface area contributed by atoms with Gasteiger partial charge in [-0.25, -0.2) is 14.6 Å². The molecule has 0 spiro atoms. The van der Waals surface area contributed by atoms with Crippen LogP contribution < -0.4 is 10.2 Å². The van der Waals surface area contributed by atoms with Crippen molar-refractivity contribution in [2.24, 2.45) is 5.92 Å². The van der Waals surface area contributed by atoms with E-state index in [0.29, 0.717) is 30.2 Å². The van der Waals surface area contributed by atoms with Crippen molar-refractivity contribution in [1.29, 1.82) is 0 Å². The highest BCUT2D eigenvalue weighted by atomic mass is 16.2. The topological polar surface area (TPSA) is 93.0 Å². The van der Waals surface area contributed by atoms with Gasteiger partial charge in [-0.1, -0.05) is 12.1 Å². The number of carbonyl (C=O) groups is 2. The van der Waals surface area contributed by atoms with Gasteiger partial charge in [-0.2, -0.15) is 5.10 Å². The molecule has 1 fully saturated rings. The van der Waals surface area contributed by atoms with Gasteiger partial charge in [-0.05, 0) is 39.0 Å². The van der Waals surface area contributed by atoms with Crippen molar-refractivity contribution in [3.63, 3.8) is 0 Å². The summed E-state index contributed by atoms with van der Waals surface area (Å²) in [5.74, 6) is 1.25. The zero-order valence-electron chi connectivity index (χ0n) is 16.6. The van der Waals surface area contributed by atoms with Gasteiger partial charge in [0.15, 0.2) is 11.6 Å². The van der Waals surface area contributed by atoms with Crippen LogP contribution in [-0.4, -0.2) is 44.5 Å². The van der Waals surface area contributed by atoms with E-state index in [0.717, 1.165) is 17.2 Å². The zero-order chi connectivity index (χ0) is 20.5. The number of nitrogens with one attached hydrogen (secondary N) is 1. The second kappa shape index (κ2) is 7.46. The first-order chi connectivity index (χ1) is 13.9. The largest absolute Gasteiger partial charge is 0.355 e. The SMILES string of the molecule is CC(=O)c1cccc(NC(=O)C2CN(c3cc(-n4nc(C)cc4C)ncn3)C2)c1. The molecular formula is C21H22N6O2. The molecule has 1 amide bonds. The summed E-state index contributed by atoms with van der Waals surface area (Å²) >= 11 is 0. The monoisotopic (exact) mass is 390 g/mol. The third-order valence-electron chi connectivity index (χ3n) is 4.98. The molecular weight excluding hydrogens is 368 g/mol. The lowest BCUT2D eigenvalue weighted by atomic mass is 9.99. The Hall–Kier alpha value is -3.55. The minimum atomic E-state index is -0.136. The van der Waals surface area contributed by atoms with Gasteiger partial charge < -0.3 is 10.2 Å². The van der Waals surface area contributed by atoms with E-state index in [-0.39, 0.29) is 17.6 Å². The molecule has 1 N–H and O–H groups in total. The molecule has 0 bridgehead atoms. The Labute approximate surface area is 168 Å². The third-order valence-corrected chi connectivity index (χ3v) is 4.98. The first-order valence-electron chi connectivity index (χ1n) is 9.43. The molecule has 8 heteroatoms. The van der Waals surface area contributed by atoms with Gasteiger partial charge in [0.2, 0.25) is 5.91 Å². The van der Waals surface area contributed by atoms with Crippen LogP contribution in [-0.2, 0) is 4.79 Å². The van der Waals surface area contributed by atoms with Crippen molar-refractivity contribution in [2.45, 2.75) is 20.8 Å². The molecule has 1 aromatic carbocycles. The van der Waals surface area contributed by atoms with Gasteiger partial charge in [0.1, 0.15) is 12.1 Å². The molecule has 0 saturated carbocycles. The summed E-state index contributed by atoms with van der Waals surface area (Å²) in [5.41, 5.74) is 3.14. The molecule has 3 aromatic rings. The van der Waals surface area contributed by atoms with E-state index in [9.17, 15) is 9.59 Å². The molecule has 1 aliphatic rings. The predicted octanol–water partition coefficient (Wildman–Crippen LogP) is 2.56. The van der Waals surface area contributed by atoms with Crippen LogP contribution in [0.1, 0.15) is 28.7 Å². The van der Waals surface area contributed by atoms with Crippen LogP contribution in [0.4, 0.5) is 11.5 Å². The number of rotatable bonds is 5. The number of hydrogen-bond donors (Lipinski definition) is 1. The molecule has 1 aliphatic heterocycles. The van der Waals surface area contributed by atoms with Gasteiger partial charge in [0, 0.05) is 36.1 Å². The Bertz CT molecular complexity index is 1080. The minimum Gasteiger partial charge on any atom is -0.355 e. The van der Waals surface area contributed by atoms with Crippen molar-refractivity contribution in [1.82, 2.24) is 19.7 Å². The number of benzene rings is 1. The van der Waals surface area contributed by atoms with Crippen LogP contribution in [0.3, 0.4) is 0 Å². The fourth-order valence-corrected chi connectivity index (χ4v) is 3.38. The van der Waals surface area contributed by atoms with Crippen LogP contribution in [0.25, 0.3) is 5.82 Å². The Morgan fingerprint density at radius 3 is 2.52 bits per heavy atom. The molecule has 8 nitrogen and oxygen atoms in total. The van der Waals surface area contributed by atoms with Crippen LogP contribution in [0, 0.1) is 19.8 Å². The summed E-state index contributed by atoms with van der Waals surface area (Å²) in [6.07, 6.45) is 1.52. The fraction of sp³-hybridized carbons (Fsp3) is 0.286. The van der Waals surface area contributed by atoms with Crippen molar-refractivity contribution in [3.8, 4) is 5.82 Å². The van der Waals surface area contributed by atoms with Crippen molar-refractivity contribution >= 4 is 23.2 Å². The average molecular weight is 390 g/mol. The first-order valence-corrected chi connectivity index (χ1v) is 9.43. The lowest BCUT2D eigenvalue weighted by molar-refractivity contribution is -0.120. The van der Waals surface area contributed by atoms with Crippen molar-refractivity contribution in [3.05, 3.63) is 59.7 Å². The van der Waals surface area contributed by atoms with E-state index >= 15 is 0 Å². The number of aryl methyl sites for hydroxylation is 2. The lowest BCUT2D eigenvalue weighted by Crippen LogP contribution is -2.52. The maximum Gasteiger partial charge on any atom is 0.231 e. The summed E-state index contributed by atoms with van der Waals surface area (Å²) in [7, 11) is 0. The maximum absolute atomic E-state index is 12.5. The number of ketones is 1. The van der Waals surface area contributed by atoms with Crippen LogP contribution in [0.2, 0.25) is 0 Å². The molecule has 4 rings (SSSR count). The Morgan fingerprint density at radius 1 is 1.07 bits per heavy atom. The van der Waals surface area contributed by atoms with E-state index < -0.39 is 0 Å². The summed E-state index contributed by atoms with van der Waals surface area (Å²) < 4.78 is 1.78. The smallest absolute Gasteiger partial charge is 0.231 e.